The van der Waals surface area contributed by atoms with Gasteiger partial charge in [0.05, 0.1) is 19.8 Å². The first kappa shape index (κ1) is 22.2. The predicted molar refractivity (Wildman–Crippen MR) is 124 cm³/mol. The van der Waals surface area contributed by atoms with Gasteiger partial charge >= 0.3 is 0 Å². The molecule has 2 amide bonds. The van der Waals surface area contributed by atoms with Crippen molar-refractivity contribution in [1.29, 1.82) is 0 Å². The zero-order valence-corrected chi connectivity index (χ0v) is 19.2. The number of amides is 2. The van der Waals surface area contributed by atoms with E-state index in [9.17, 15) is 9.59 Å². The number of rotatable bonds is 7. The van der Waals surface area contributed by atoms with Crippen molar-refractivity contribution >= 4 is 29.0 Å². The summed E-state index contributed by atoms with van der Waals surface area (Å²) < 4.78 is 10.7. The monoisotopic (exact) mass is 454 g/mol. The second kappa shape index (κ2) is 9.65. The van der Waals surface area contributed by atoms with Crippen molar-refractivity contribution in [2.45, 2.75) is 25.7 Å². The maximum Gasteiger partial charge on any atom is 0.277 e. The molecule has 0 unspecified atom stereocenters. The molecule has 0 bridgehead atoms. The van der Waals surface area contributed by atoms with Gasteiger partial charge in [0.15, 0.2) is 11.5 Å². The largest absolute Gasteiger partial charge is 0.493 e. The quantitative estimate of drug-likeness (QED) is 0.588. The summed E-state index contributed by atoms with van der Waals surface area (Å²) in [5, 5.41) is 0.593. The molecule has 0 saturated carbocycles. The van der Waals surface area contributed by atoms with Crippen molar-refractivity contribution in [2.24, 2.45) is 0 Å². The standard InChI is InChI=1S/C25H27ClN2O4/c1-31-20-11-6-17(16-21(20)32-2)12-15-28-24(29)22(18-7-9-19(26)10-8-18)23(25(28)30)27-13-4-3-5-14-27/h6-11,16H,3-5,12-15H2,1-2H3. The molecule has 0 aromatic heterocycles. The fourth-order valence-electron chi connectivity index (χ4n) is 4.33. The number of methoxy groups -OCH3 is 2. The van der Waals surface area contributed by atoms with Crippen LogP contribution in [-0.4, -0.2) is 55.5 Å². The Balaban J connectivity index is 1.60. The first-order chi connectivity index (χ1) is 15.5. The third kappa shape index (κ3) is 4.32. The van der Waals surface area contributed by atoms with E-state index in [1.807, 2.05) is 30.3 Å². The van der Waals surface area contributed by atoms with Crippen LogP contribution in [0.2, 0.25) is 5.02 Å². The van der Waals surface area contributed by atoms with E-state index in [0.29, 0.717) is 40.8 Å². The Kier molecular flexibility index (Phi) is 6.70. The highest BCUT2D eigenvalue weighted by Crippen LogP contribution is 2.34. The molecule has 2 heterocycles. The average molecular weight is 455 g/mol. The normalized spacial score (nSPS) is 16.7. The van der Waals surface area contributed by atoms with Gasteiger partial charge in [-0.3, -0.25) is 14.5 Å². The zero-order chi connectivity index (χ0) is 22.7. The molecule has 2 aromatic rings. The number of hydrogen-bond acceptors (Lipinski definition) is 5. The van der Waals surface area contributed by atoms with Gasteiger partial charge in [-0.25, -0.2) is 0 Å². The molecule has 2 aliphatic heterocycles. The summed E-state index contributed by atoms with van der Waals surface area (Å²) in [5.41, 5.74) is 2.68. The third-order valence-electron chi connectivity index (χ3n) is 6.02. The molecule has 32 heavy (non-hydrogen) atoms. The summed E-state index contributed by atoms with van der Waals surface area (Å²) in [6, 6.07) is 12.8. The number of imide groups is 1. The van der Waals surface area contributed by atoms with Crippen LogP contribution in [0.4, 0.5) is 0 Å². The van der Waals surface area contributed by atoms with E-state index < -0.39 is 0 Å². The molecule has 1 fully saturated rings. The van der Waals surface area contributed by atoms with E-state index in [1.165, 1.54) is 4.90 Å². The maximum atomic E-state index is 13.4. The predicted octanol–water partition coefficient (Wildman–Crippen LogP) is 4.17. The lowest BCUT2D eigenvalue weighted by atomic mass is 10.0. The van der Waals surface area contributed by atoms with Crippen LogP contribution in [-0.2, 0) is 16.0 Å². The Morgan fingerprint density at radius 2 is 1.56 bits per heavy atom. The van der Waals surface area contributed by atoms with Crippen molar-refractivity contribution in [3.63, 3.8) is 0 Å². The lowest BCUT2D eigenvalue weighted by Crippen LogP contribution is -2.38. The second-order valence-electron chi connectivity index (χ2n) is 7.98. The van der Waals surface area contributed by atoms with Gasteiger partial charge < -0.3 is 14.4 Å². The first-order valence-electron chi connectivity index (χ1n) is 10.9. The number of piperidine rings is 1. The Hall–Kier alpha value is -2.99. The Labute approximate surface area is 193 Å². The van der Waals surface area contributed by atoms with Gasteiger partial charge in [0.2, 0.25) is 0 Å². The molecule has 6 nitrogen and oxygen atoms in total. The lowest BCUT2D eigenvalue weighted by Gasteiger charge is -2.29. The van der Waals surface area contributed by atoms with Crippen LogP contribution in [0.15, 0.2) is 48.2 Å². The van der Waals surface area contributed by atoms with Crippen LogP contribution < -0.4 is 9.47 Å². The van der Waals surface area contributed by atoms with Crippen LogP contribution in [0.1, 0.15) is 30.4 Å². The zero-order valence-electron chi connectivity index (χ0n) is 18.4. The Bertz CT molecular complexity index is 1040. The maximum absolute atomic E-state index is 13.4. The summed E-state index contributed by atoms with van der Waals surface area (Å²) in [6.07, 6.45) is 3.71. The van der Waals surface area contributed by atoms with Gasteiger partial charge in [-0.2, -0.15) is 0 Å². The molecule has 0 radical (unpaired) electrons. The molecule has 0 atom stereocenters. The van der Waals surface area contributed by atoms with Crippen molar-refractivity contribution < 1.29 is 19.1 Å². The Morgan fingerprint density at radius 1 is 0.875 bits per heavy atom. The number of carbonyl (C=O) groups excluding carboxylic acids is 2. The summed E-state index contributed by atoms with van der Waals surface area (Å²) in [4.78, 5) is 30.3. The summed E-state index contributed by atoms with van der Waals surface area (Å²) in [7, 11) is 3.17. The highest BCUT2D eigenvalue weighted by Gasteiger charge is 2.41. The molecule has 7 heteroatoms. The average Bonchev–Trinajstić information content (AvgIpc) is 3.08. The van der Waals surface area contributed by atoms with Crippen LogP contribution in [0.25, 0.3) is 5.57 Å². The number of halogens is 1. The number of nitrogens with zero attached hydrogens (tertiary/aromatic N) is 2. The minimum Gasteiger partial charge on any atom is -0.493 e. The van der Waals surface area contributed by atoms with Gasteiger partial charge in [-0.15, -0.1) is 0 Å². The van der Waals surface area contributed by atoms with Crippen LogP contribution in [0, 0.1) is 0 Å². The SMILES string of the molecule is COc1ccc(CCN2C(=O)C(c3ccc(Cl)cc3)=C(N3CCCCC3)C2=O)cc1OC. The van der Waals surface area contributed by atoms with E-state index >= 15 is 0 Å². The van der Waals surface area contributed by atoms with E-state index in [1.54, 1.807) is 26.4 Å². The first-order valence-corrected chi connectivity index (χ1v) is 11.2. The molecule has 1 saturated heterocycles. The number of carbonyl (C=O) groups is 2. The van der Waals surface area contributed by atoms with E-state index in [2.05, 4.69) is 4.90 Å². The second-order valence-corrected chi connectivity index (χ2v) is 8.42. The molecule has 4 rings (SSSR count). The topological polar surface area (TPSA) is 59.1 Å². The summed E-state index contributed by atoms with van der Waals surface area (Å²) >= 11 is 6.05. The van der Waals surface area contributed by atoms with E-state index in [4.69, 9.17) is 21.1 Å². The van der Waals surface area contributed by atoms with Crippen molar-refractivity contribution in [2.75, 3.05) is 33.9 Å². The minimum atomic E-state index is -0.252. The van der Waals surface area contributed by atoms with Crippen molar-refractivity contribution in [1.82, 2.24) is 9.80 Å². The van der Waals surface area contributed by atoms with Crippen LogP contribution >= 0.6 is 11.6 Å². The van der Waals surface area contributed by atoms with Gasteiger partial charge in [-0.1, -0.05) is 29.8 Å². The van der Waals surface area contributed by atoms with E-state index in [-0.39, 0.29) is 11.8 Å². The van der Waals surface area contributed by atoms with Crippen LogP contribution in [0.3, 0.4) is 0 Å². The lowest BCUT2D eigenvalue weighted by molar-refractivity contribution is -0.137. The fourth-order valence-corrected chi connectivity index (χ4v) is 4.46. The molecule has 0 N–H and O–H groups in total. The molecule has 2 aliphatic rings. The third-order valence-corrected chi connectivity index (χ3v) is 6.27. The van der Waals surface area contributed by atoms with E-state index in [0.717, 1.165) is 43.5 Å². The van der Waals surface area contributed by atoms with Gasteiger partial charge in [0, 0.05) is 24.7 Å². The van der Waals surface area contributed by atoms with Crippen molar-refractivity contribution in [3.8, 4) is 11.5 Å². The molecule has 2 aromatic carbocycles. The number of likely N-dealkylation sites (tertiary alicyclic amines) is 1. The van der Waals surface area contributed by atoms with Gasteiger partial charge in [0.25, 0.3) is 11.8 Å². The molecule has 0 spiro atoms. The highest BCUT2D eigenvalue weighted by molar-refractivity contribution is 6.36. The van der Waals surface area contributed by atoms with Gasteiger partial charge in [-0.05, 0) is 61.1 Å². The number of hydrogen-bond donors (Lipinski definition) is 0. The molecular weight excluding hydrogens is 428 g/mol. The summed E-state index contributed by atoms with van der Waals surface area (Å²) in [6.45, 7) is 1.87. The van der Waals surface area contributed by atoms with Crippen molar-refractivity contribution in [3.05, 3.63) is 64.3 Å². The number of benzene rings is 2. The number of ether oxygens (including phenoxy) is 2. The van der Waals surface area contributed by atoms with Gasteiger partial charge in [0.1, 0.15) is 5.70 Å². The molecule has 168 valence electrons. The molecule has 0 aliphatic carbocycles. The Morgan fingerprint density at radius 3 is 2.22 bits per heavy atom. The minimum absolute atomic E-state index is 0.220. The molecular formula is C25H27ClN2O4. The van der Waals surface area contributed by atoms with Crippen LogP contribution in [0.5, 0.6) is 11.5 Å². The summed E-state index contributed by atoms with van der Waals surface area (Å²) in [5.74, 6) is 0.794. The fraction of sp³-hybridized carbons (Fsp3) is 0.360. The smallest absolute Gasteiger partial charge is 0.277 e. The highest BCUT2D eigenvalue weighted by atomic mass is 35.5.